The molecular formula is C32H43N5O4S. The second kappa shape index (κ2) is 12.0. The molecule has 2 aliphatic heterocycles. The van der Waals surface area contributed by atoms with Crippen LogP contribution in [0.1, 0.15) is 43.8 Å². The predicted molar refractivity (Wildman–Crippen MR) is 164 cm³/mol. The molecule has 0 radical (unpaired) electrons. The van der Waals surface area contributed by atoms with Crippen molar-refractivity contribution >= 4 is 26.7 Å². The monoisotopic (exact) mass is 593 g/mol. The van der Waals surface area contributed by atoms with Crippen molar-refractivity contribution in [2.24, 2.45) is 0 Å². The van der Waals surface area contributed by atoms with Gasteiger partial charge in [0.25, 0.3) is 0 Å². The van der Waals surface area contributed by atoms with Crippen molar-refractivity contribution < 1.29 is 17.9 Å². The van der Waals surface area contributed by atoms with E-state index in [9.17, 15) is 13.2 Å². The summed E-state index contributed by atoms with van der Waals surface area (Å²) in [5, 5.41) is 1.74. The number of hydrogen-bond acceptors (Lipinski definition) is 6. The molecule has 1 saturated carbocycles. The first-order chi connectivity index (χ1) is 20.2. The highest BCUT2D eigenvalue weighted by Gasteiger charge is 2.39. The number of rotatable bonds is 7. The molecule has 1 amide bonds. The maximum Gasteiger partial charge on any atom is 0.243 e. The quantitative estimate of drug-likeness (QED) is 0.415. The fourth-order valence-corrected chi connectivity index (χ4v) is 8.71. The second-order valence-corrected chi connectivity index (χ2v) is 14.0. The number of amides is 1. The Kier molecular flexibility index (Phi) is 8.33. The van der Waals surface area contributed by atoms with Gasteiger partial charge >= 0.3 is 0 Å². The average Bonchev–Trinajstić information content (AvgIpc) is 3.50. The first kappa shape index (κ1) is 29.2. The number of methoxy groups -OCH3 is 1. The SMILES string of the molecule is COc1ccc2cc(S(=O)(=O)N3CCn4cccc4C3CC(=O)N(C)C3CCCC(N4CCN(C)CC4)C3)ccc2c1. The van der Waals surface area contributed by atoms with Crippen molar-refractivity contribution in [3.8, 4) is 5.75 Å². The topological polar surface area (TPSA) is 78.3 Å². The predicted octanol–water partition coefficient (Wildman–Crippen LogP) is 3.80. The Morgan fingerprint density at radius 1 is 0.976 bits per heavy atom. The van der Waals surface area contributed by atoms with Crippen LogP contribution in [0.2, 0.25) is 0 Å². The molecule has 3 heterocycles. The molecule has 2 aromatic carbocycles. The molecule has 3 aromatic rings. The van der Waals surface area contributed by atoms with Crippen LogP contribution in [0.5, 0.6) is 5.75 Å². The van der Waals surface area contributed by atoms with Crippen LogP contribution in [0.15, 0.2) is 59.6 Å². The highest BCUT2D eigenvalue weighted by atomic mass is 32.2. The molecule has 10 heteroatoms. The van der Waals surface area contributed by atoms with Gasteiger partial charge in [-0.05, 0) is 79.9 Å². The number of nitrogens with zero attached hydrogens (tertiary/aromatic N) is 5. The number of hydrogen-bond donors (Lipinski definition) is 0. The molecule has 0 N–H and O–H groups in total. The van der Waals surface area contributed by atoms with Crippen molar-refractivity contribution in [3.05, 3.63) is 60.4 Å². The zero-order valence-electron chi connectivity index (χ0n) is 25.0. The van der Waals surface area contributed by atoms with Crippen molar-refractivity contribution in [1.82, 2.24) is 23.6 Å². The molecule has 3 atom stereocenters. The van der Waals surface area contributed by atoms with Gasteiger partial charge in [-0.25, -0.2) is 8.42 Å². The standard InChI is InChI=1S/C32H43N5O4S/c1-33-14-16-35(17-15-33)27-7-4-6-26(22-27)34(2)32(38)23-31-30-8-5-13-36(30)18-19-37(31)42(39,40)29-12-10-24-20-28(41-3)11-9-25(24)21-29/h5,8-13,20-21,26-27,31H,4,6-7,14-19,22-23H2,1-3H3. The number of carbonyl (C=O) groups excluding carboxylic acids is 1. The lowest BCUT2D eigenvalue weighted by Gasteiger charge is -2.44. The Hall–Kier alpha value is -2.92. The summed E-state index contributed by atoms with van der Waals surface area (Å²) in [6.07, 6.45) is 6.38. The number of aromatic nitrogens is 1. The van der Waals surface area contributed by atoms with Gasteiger partial charge in [0, 0.05) is 76.7 Å². The molecule has 0 spiro atoms. The molecule has 2 fully saturated rings. The summed E-state index contributed by atoms with van der Waals surface area (Å²) in [5.41, 5.74) is 0.871. The van der Waals surface area contributed by atoms with Gasteiger partial charge in [-0.15, -0.1) is 0 Å². The van der Waals surface area contributed by atoms with Crippen LogP contribution in [0.4, 0.5) is 0 Å². The van der Waals surface area contributed by atoms with Gasteiger partial charge in [0.1, 0.15) is 5.75 Å². The number of sulfonamides is 1. The van der Waals surface area contributed by atoms with E-state index in [-0.39, 0.29) is 23.3 Å². The van der Waals surface area contributed by atoms with E-state index in [1.807, 2.05) is 54.5 Å². The molecule has 42 heavy (non-hydrogen) atoms. The van der Waals surface area contributed by atoms with E-state index in [1.54, 1.807) is 23.5 Å². The maximum atomic E-state index is 14.1. The van der Waals surface area contributed by atoms with Gasteiger partial charge < -0.3 is 19.1 Å². The summed E-state index contributed by atoms with van der Waals surface area (Å²) in [6.45, 7) is 5.23. The summed E-state index contributed by atoms with van der Waals surface area (Å²) in [4.78, 5) is 21.0. The average molecular weight is 594 g/mol. The largest absolute Gasteiger partial charge is 0.497 e. The molecule has 1 saturated heterocycles. The highest BCUT2D eigenvalue weighted by molar-refractivity contribution is 7.89. The first-order valence-corrected chi connectivity index (χ1v) is 16.6. The van der Waals surface area contributed by atoms with E-state index in [1.165, 1.54) is 6.42 Å². The van der Waals surface area contributed by atoms with Gasteiger partial charge in [0.05, 0.1) is 18.0 Å². The lowest BCUT2D eigenvalue weighted by molar-refractivity contribution is -0.134. The smallest absolute Gasteiger partial charge is 0.243 e. The maximum absolute atomic E-state index is 14.1. The summed E-state index contributed by atoms with van der Waals surface area (Å²) in [6, 6.07) is 14.8. The Bertz CT molecular complexity index is 1530. The third kappa shape index (κ3) is 5.69. The Balaban J connectivity index is 1.21. The van der Waals surface area contributed by atoms with E-state index in [0.717, 1.165) is 67.7 Å². The van der Waals surface area contributed by atoms with Gasteiger partial charge in [-0.1, -0.05) is 12.1 Å². The van der Waals surface area contributed by atoms with Crippen molar-refractivity contribution in [3.63, 3.8) is 0 Å². The molecule has 1 aliphatic carbocycles. The molecule has 0 bridgehead atoms. The Morgan fingerprint density at radius 2 is 1.74 bits per heavy atom. The van der Waals surface area contributed by atoms with E-state index in [4.69, 9.17) is 4.74 Å². The van der Waals surface area contributed by atoms with Gasteiger partial charge in [-0.2, -0.15) is 4.31 Å². The fourth-order valence-electron chi connectivity index (χ4n) is 7.08. The highest BCUT2D eigenvalue weighted by Crippen LogP contribution is 2.36. The van der Waals surface area contributed by atoms with Crippen LogP contribution >= 0.6 is 0 Å². The summed E-state index contributed by atoms with van der Waals surface area (Å²) >= 11 is 0. The molecule has 6 rings (SSSR count). The van der Waals surface area contributed by atoms with Crippen LogP contribution in [0, 0.1) is 0 Å². The molecule has 9 nitrogen and oxygen atoms in total. The first-order valence-electron chi connectivity index (χ1n) is 15.2. The Morgan fingerprint density at radius 3 is 2.52 bits per heavy atom. The molecular weight excluding hydrogens is 550 g/mol. The third-order valence-corrected chi connectivity index (χ3v) is 11.6. The fraction of sp³-hybridized carbons (Fsp3) is 0.531. The zero-order valence-corrected chi connectivity index (χ0v) is 25.8. The number of piperazine rings is 1. The van der Waals surface area contributed by atoms with Crippen molar-refractivity contribution in [2.75, 3.05) is 53.9 Å². The van der Waals surface area contributed by atoms with Crippen LogP contribution in [0.25, 0.3) is 10.8 Å². The minimum Gasteiger partial charge on any atom is -0.497 e. The summed E-state index contributed by atoms with van der Waals surface area (Å²) in [7, 11) is 1.85. The van der Waals surface area contributed by atoms with E-state index in [0.29, 0.717) is 19.1 Å². The number of likely N-dealkylation sites (N-methyl/N-ethyl adjacent to an activating group) is 1. The second-order valence-electron chi connectivity index (χ2n) is 12.2. The molecule has 3 aliphatic rings. The lowest BCUT2D eigenvalue weighted by Crippen LogP contribution is -2.53. The van der Waals surface area contributed by atoms with Crippen LogP contribution < -0.4 is 4.74 Å². The number of ether oxygens (including phenoxy) is 1. The van der Waals surface area contributed by atoms with E-state index < -0.39 is 16.1 Å². The van der Waals surface area contributed by atoms with E-state index in [2.05, 4.69) is 21.4 Å². The normalized spacial score (nSPS) is 24.4. The minimum atomic E-state index is -3.86. The van der Waals surface area contributed by atoms with Gasteiger partial charge in [0.15, 0.2) is 0 Å². The molecule has 1 aromatic heterocycles. The van der Waals surface area contributed by atoms with Crippen molar-refractivity contribution in [2.45, 2.75) is 61.7 Å². The van der Waals surface area contributed by atoms with Crippen molar-refractivity contribution in [1.29, 1.82) is 0 Å². The zero-order chi connectivity index (χ0) is 29.4. The Labute approximate surface area is 249 Å². The third-order valence-electron chi connectivity index (χ3n) is 9.72. The minimum absolute atomic E-state index is 0.00415. The number of carbonyl (C=O) groups is 1. The lowest BCUT2D eigenvalue weighted by atomic mass is 9.88. The number of fused-ring (bicyclic) bond motifs is 2. The van der Waals surface area contributed by atoms with Gasteiger partial charge in [-0.3, -0.25) is 9.69 Å². The molecule has 226 valence electrons. The van der Waals surface area contributed by atoms with Crippen LogP contribution in [-0.4, -0.2) is 104 Å². The van der Waals surface area contributed by atoms with E-state index >= 15 is 0 Å². The van der Waals surface area contributed by atoms with Crippen LogP contribution in [-0.2, 0) is 21.4 Å². The summed E-state index contributed by atoms with van der Waals surface area (Å²) in [5.74, 6) is 0.731. The van der Waals surface area contributed by atoms with Gasteiger partial charge in [0.2, 0.25) is 15.9 Å². The number of benzene rings is 2. The van der Waals surface area contributed by atoms with Crippen LogP contribution in [0.3, 0.4) is 0 Å². The molecule has 3 unspecified atom stereocenters. The summed E-state index contributed by atoms with van der Waals surface area (Å²) < 4.78 is 37.3.